The SMILES string of the molecule is CCOCN(C(=O)CCl)c1c(C)cccc1CC.COc1cnc(OC)n2nc(NS(=O)(=O)c3c(OCC(F)F)cccc3C(F)(F)F)nc12. The standard InChI is InChI=1S/C16H14F5N5O5S.C14H20ClNO2/c1-29-10-6-22-15(30-2)26-13(10)23-14(24-26)25-32(27,28)12-8(16(19,20)21)4-3-5-9(12)31-7-11(17)18;1-4-12-8-6-7-11(3)14(12)16(10-18-5-2)13(17)9-15/h3-6,11H,7H2,1-2H3,(H,24,25);6-8H,4-5,9-10H2,1-3H3. The Morgan fingerprint density at radius 1 is 1.08 bits per heavy atom. The molecule has 0 unspecified atom stereocenters. The molecule has 0 spiro atoms. The van der Waals surface area contributed by atoms with E-state index in [-0.39, 0.29) is 35.9 Å². The number of amides is 1. The van der Waals surface area contributed by atoms with E-state index in [0.29, 0.717) is 12.7 Å². The van der Waals surface area contributed by atoms with E-state index in [0.717, 1.165) is 39.9 Å². The van der Waals surface area contributed by atoms with Gasteiger partial charge in [0.15, 0.2) is 5.75 Å². The summed E-state index contributed by atoms with van der Waals surface area (Å²) >= 11 is 5.68. The highest BCUT2D eigenvalue weighted by molar-refractivity contribution is 7.92. The average Bonchev–Trinajstić information content (AvgIpc) is 3.49. The molecule has 1 amide bonds. The third-order valence-electron chi connectivity index (χ3n) is 6.66. The Morgan fingerprint density at radius 2 is 1.78 bits per heavy atom. The van der Waals surface area contributed by atoms with Crippen LogP contribution in [0.25, 0.3) is 5.65 Å². The first-order chi connectivity index (χ1) is 23.6. The summed E-state index contributed by atoms with van der Waals surface area (Å²) in [5, 5.41) is 3.80. The molecule has 20 heteroatoms. The number of halogens is 6. The van der Waals surface area contributed by atoms with Gasteiger partial charge in [0.25, 0.3) is 22.4 Å². The summed E-state index contributed by atoms with van der Waals surface area (Å²) in [6, 6.07) is 8.01. The second-order valence-corrected chi connectivity index (χ2v) is 11.8. The molecule has 13 nitrogen and oxygen atoms in total. The first-order valence-corrected chi connectivity index (χ1v) is 16.6. The van der Waals surface area contributed by atoms with E-state index in [9.17, 15) is 35.2 Å². The Kier molecular flexibility index (Phi) is 13.9. The molecular weight excluding hydrogens is 719 g/mol. The number of alkyl halides is 6. The highest BCUT2D eigenvalue weighted by Crippen LogP contribution is 2.39. The summed E-state index contributed by atoms with van der Waals surface area (Å²) in [5.41, 5.74) is 1.44. The van der Waals surface area contributed by atoms with Crippen molar-refractivity contribution in [3.63, 3.8) is 0 Å². The Hall–Kier alpha value is -4.49. The monoisotopic (exact) mass is 752 g/mol. The molecule has 0 saturated heterocycles. The second-order valence-electron chi connectivity index (χ2n) is 9.94. The molecule has 0 atom stereocenters. The van der Waals surface area contributed by atoms with Crippen LogP contribution in [0.15, 0.2) is 47.5 Å². The Labute approximate surface area is 289 Å². The number of hydrogen-bond acceptors (Lipinski definition) is 10. The molecule has 50 heavy (non-hydrogen) atoms. The number of rotatable bonds is 14. The number of para-hydroxylation sites is 1. The van der Waals surface area contributed by atoms with Gasteiger partial charge in [0, 0.05) is 6.61 Å². The topological polar surface area (TPSA) is 146 Å². The van der Waals surface area contributed by atoms with Crippen LogP contribution in [-0.4, -0.2) is 80.4 Å². The van der Waals surface area contributed by atoms with E-state index in [2.05, 4.69) is 26.7 Å². The van der Waals surface area contributed by atoms with Crippen molar-refractivity contribution in [3.8, 4) is 17.5 Å². The molecule has 2 heterocycles. The highest BCUT2D eigenvalue weighted by atomic mass is 35.5. The van der Waals surface area contributed by atoms with Crippen molar-refractivity contribution >= 4 is 44.8 Å². The molecule has 1 N–H and O–H groups in total. The van der Waals surface area contributed by atoms with Gasteiger partial charge in [-0.1, -0.05) is 31.2 Å². The van der Waals surface area contributed by atoms with Crippen LogP contribution in [0.4, 0.5) is 33.6 Å². The first-order valence-electron chi connectivity index (χ1n) is 14.6. The Bertz CT molecular complexity index is 1840. The predicted octanol–water partition coefficient (Wildman–Crippen LogP) is 5.73. The number of nitrogens with zero attached hydrogens (tertiary/aromatic N) is 5. The van der Waals surface area contributed by atoms with Crippen LogP contribution in [0.2, 0.25) is 0 Å². The van der Waals surface area contributed by atoms with Gasteiger partial charge in [0.05, 0.1) is 31.7 Å². The van der Waals surface area contributed by atoms with Crippen molar-refractivity contribution in [2.75, 3.05) is 49.7 Å². The lowest BCUT2D eigenvalue weighted by Gasteiger charge is -2.25. The maximum Gasteiger partial charge on any atom is 0.417 e. The minimum Gasteiger partial charge on any atom is -0.491 e. The number of nitrogens with one attached hydrogen (secondary N) is 1. The lowest BCUT2D eigenvalue weighted by Crippen LogP contribution is -2.35. The Morgan fingerprint density at radius 3 is 2.36 bits per heavy atom. The number of ether oxygens (including phenoxy) is 4. The quantitative estimate of drug-likeness (QED) is 0.0963. The lowest BCUT2D eigenvalue weighted by molar-refractivity contribution is -0.140. The fourth-order valence-corrected chi connectivity index (χ4v) is 5.96. The molecule has 0 bridgehead atoms. The van der Waals surface area contributed by atoms with Gasteiger partial charge in [-0.2, -0.15) is 27.7 Å². The normalized spacial score (nSPS) is 11.6. The van der Waals surface area contributed by atoms with E-state index >= 15 is 0 Å². The number of fused-ring (bicyclic) bond motifs is 1. The molecule has 274 valence electrons. The van der Waals surface area contributed by atoms with E-state index in [1.54, 1.807) is 9.62 Å². The van der Waals surface area contributed by atoms with Crippen LogP contribution in [0, 0.1) is 6.92 Å². The molecular formula is C30H34ClF5N6O7S. The third kappa shape index (κ3) is 9.60. The maximum absolute atomic E-state index is 13.5. The van der Waals surface area contributed by atoms with Crippen LogP contribution < -0.4 is 23.8 Å². The number of aryl methyl sites for hydroxylation is 2. The molecule has 0 fully saturated rings. The number of anilines is 2. The van der Waals surface area contributed by atoms with Gasteiger partial charge in [0.1, 0.15) is 29.9 Å². The number of methoxy groups -OCH3 is 2. The maximum atomic E-state index is 13.5. The van der Waals surface area contributed by atoms with Gasteiger partial charge in [-0.25, -0.2) is 21.9 Å². The number of carbonyl (C=O) groups excluding carboxylic acids is 1. The molecule has 0 aliphatic carbocycles. The molecule has 2 aromatic carbocycles. The number of aromatic nitrogens is 4. The number of carbonyl (C=O) groups is 1. The van der Waals surface area contributed by atoms with Crippen molar-refractivity contribution in [1.82, 2.24) is 19.6 Å². The molecule has 0 radical (unpaired) electrons. The largest absolute Gasteiger partial charge is 0.491 e. The van der Waals surface area contributed by atoms with Crippen molar-refractivity contribution < 1.29 is 54.1 Å². The highest BCUT2D eigenvalue weighted by Gasteiger charge is 2.40. The molecule has 4 rings (SSSR count). The number of sulfonamides is 1. The minimum atomic E-state index is -5.14. The fraction of sp³-hybridized carbons (Fsp3) is 0.400. The summed E-state index contributed by atoms with van der Waals surface area (Å²) in [6.45, 7) is 5.47. The zero-order valence-corrected chi connectivity index (χ0v) is 29.0. The van der Waals surface area contributed by atoms with Gasteiger partial charge >= 0.3 is 12.2 Å². The number of benzene rings is 2. The zero-order chi connectivity index (χ0) is 37.2. The molecule has 4 aromatic rings. The zero-order valence-electron chi connectivity index (χ0n) is 27.4. The summed E-state index contributed by atoms with van der Waals surface area (Å²) < 4.78 is 114. The summed E-state index contributed by atoms with van der Waals surface area (Å²) in [5.74, 6) is -1.70. The number of hydrogen-bond donors (Lipinski definition) is 1. The van der Waals surface area contributed by atoms with Crippen molar-refractivity contribution in [2.45, 2.75) is 44.7 Å². The van der Waals surface area contributed by atoms with Crippen LogP contribution in [0.5, 0.6) is 17.5 Å². The summed E-state index contributed by atoms with van der Waals surface area (Å²) in [6.07, 6.45) is -6.12. The predicted molar refractivity (Wildman–Crippen MR) is 173 cm³/mol. The van der Waals surface area contributed by atoms with Gasteiger partial charge < -0.3 is 18.9 Å². The fourth-order valence-electron chi connectivity index (χ4n) is 4.52. The summed E-state index contributed by atoms with van der Waals surface area (Å²) in [4.78, 5) is 19.9. The van der Waals surface area contributed by atoms with Gasteiger partial charge in [-0.05, 0) is 43.5 Å². The van der Waals surface area contributed by atoms with E-state index in [1.165, 1.54) is 20.4 Å². The van der Waals surface area contributed by atoms with Crippen LogP contribution in [0.3, 0.4) is 0 Å². The molecule has 0 saturated carbocycles. The van der Waals surface area contributed by atoms with Crippen LogP contribution in [0.1, 0.15) is 30.5 Å². The van der Waals surface area contributed by atoms with Crippen molar-refractivity contribution in [1.29, 1.82) is 0 Å². The first kappa shape index (κ1) is 39.9. The van der Waals surface area contributed by atoms with Crippen LogP contribution in [-0.2, 0) is 32.2 Å². The lowest BCUT2D eigenvalue weighted by atomic mass is 10.0. The van der Waals surface area contributed by atoms with Crippen molar-refractivity contribution in [2.24, 2.45) is 0 Å². The average molecular weight is 753 g/mol. The Balaban J connectivity index is 0.000000319. The summed E-state index contributed by atoms with van der Waals surface area (Å²) in [7, 11) is -2.56. The van der Waals surface area contributed by atoms with Crippen molar-refractivity contribution in [3.05, 3.63) is 59.3 Å². The van der Waals surface area contributed by atoms with E-state index in [4.69, 9.17) is 25.8 Å². The van der Waals surface area contributed by atoms with Gasteiger partial charge in [-0.15, -0.1) is 16.7 Å². The van der Waals surface area contributed by atoms with Gasteiger partial charge in [-0.3, -0.25) is 9.69 Å². The third-order valence-corrected chi connectivity index (χ3v) is 8.30. The molecule has 2 aromatic heterocycles. The van der Waals surface area contributed by atoms with Gasteiger partial charge in [0.2, 0.25) is 11.6 Å². The minimum absolute atomic E-state index is 0.0371. The smallest absolute Gasteiger partial charge is 0.417 e. The molecule has 0 aliphatic heterocycles. The van der Waals surface area contributed by atoms with E-state index in [1.807, 2.05) is 32.0 Å². The van der Waals surface area contributed by atoms with Crippen LogP contribution >= 0.6 is 11.6 Å². The van der Waals surface area contributed by atoms with E-state index < -0.39 is 51.4 Å². The molecule has 0 aliphatic rings. The second kappa shape index (κ2) is 17.4.